The number of nitrogens with zero attached hydrogens (tertiary/aromatic N) is 3. The van der Waals surface area contributed by atoms with Gasteiger partial charge >= 0.3 is 29.5 Å². The zero-order chi connectivity index (χ0) is 20.3. The Morgan fingerprint density at radius 3 is 2.26 bits per heavy atom. The smallest absolute Gasteiger partial charge is 0.457 e. The molecule has 0 aliphatic carbocycles. The van der Waals surface area contributed by atoms with Gasteiger partial charge in [0.05, 0.1) is 0 Å². The fraction of sp³-hybridized carbons (Fsp3) is 0.615. The van der Waals surface area contributed by atoms with Gasteiger partial charge in [0.15, 0.2) is 12.2 Å². The maximum absolute atomic E-state index is 12.0. The Labute approximate surface area is 150 Å². The molecule has 1 saturated heterocycles. The molecule has 2 rings (SSSR count). The lowest BCUT2D eigenvalue weighted by atomic mass is 10.1. The number of carbonyl (C=O) groups excluding carboxylic acids is 3. The third kappa shape index (κ3) is 4.66. The zero-order valence-electron chi connectivity index (χ0n) is 14.4. The van der Waals surface area contributed by atoms with Gasteiger partial charge < -0.3 is 29.1 Å². The van der Waals surface area contributed by atoms with Crippen molar-refractivity contribution in [1.82, 2.24) is 14.8 Å². The standard InChI is InChI=1S/C13H16N4O10/c1-5(18)24-4-8-9(25-6(2)19)10(26-7(3)20)11(27-8)16-13(21)14-12(15-16)17(22)23/h8-11H,4H2,1-3H3,(H,14,15,21)/t8-,9-,10-,11-/m1/s1. The van der Waals surface area contributed by atoms with E-state index in [1.54, 1.807) is 0 Å². The molecule has 0 saturated carbocycles. The van der Waals surface area contributed by atoms with Crippen LogP contribution in [0.15, 0.2) is 4.79 Å². The minimum atomic E-state index is -1.46. The van der Waals surface area contributed by atoms with Crippen molar-refractivity contribution in [3.63, 3.8) is 0 Å². The molecule has 148 valence electrons. The molecule has 4 atom stereocenters. The van der Waals surface area contributed by atoms with Crippen LogP contribution in [-0.2, 0) is 33.3 Å². The Morgan fingerprint density at radius 1 is 1.19 bits per heavy atom. The average molecular weight is 388 g/mol. The topological polar surface area (TPSA) is 182 Å². The van der Waals surface area contributed by atoms with Crippen molar-refractivity contribution in [2.24, 2.45) is 0 Å². The molecule has 1 aromatic rings. The first-order chi connectivity index (χ1) is 12.6. The molecule has 1 fully saturated rings. The number of nitrogens with one attached hydrogen (secondary N) is 1. The fourth-order valence-corrected chi connectivity index (χ4v) is 2.47. The third-order valence-electron chi connectivity index (χ3n) is 3.38. The Morgan fingerprint density at radius 2 is 1.78 bits per heavy atom. The van der Waals surface area contributed by atoms with Crippen molar-refractivity contribution < 1.29 is 38.3 Å². The molecule has 1 aliphatic rings. The van der Waals surface area contributed by atoms with Crippen molar-refractivity contribution in [2.75, 3.05) is 6.61 Å². The summed E-state index contributed by atoms with van der Waals surface area (Å²) in [6.45, 7) is 2.91. The zero-order valence-corrected chi connectivity index (χ0v) is 14.4. The maximum Gasteiger partial charge on any atom is 0.457 e. The number of hydrogen-bond donors (Lipinski definition) is 1. The van der Waals surface area contributed by atoms with Gasteiger partial charge in [-0.15, -0.1) is 4.68 Å². The predicted octanol–water partition coefficient (Wildman–Crippen LogP) is -1.20. The minimum absolute atomic E-state index is 0.386. The van der Waals surface area contributed by atoms with Crippen molar-refractivity contribution in [1.29, 1.82) is 0 Å². The SMILES string of the molecule is CC(=O)OC[C@H]1O[C@@H](n2nc([N+](=O)[O-])[nH]c2=O)[C@H](OC(C)=O)[C@@H]1OC(C)=O. The Kier molecular flexibility index (Phi) is 5.89. The van der Waals surface area contributed by atoms with E-state index in [2.05, 4.69) is 5.10 Å². The van der Waals surface area contributed by atoms with Crippen LogP contribution in [0.2, 0.25) is 0 Å². The fourth-order valence-electron chi connectivity index (χ4n) is 2.47. The van der Waals surface area contributed by atoms with Crippen LogP contribution in [0.3, 0.4) is 0 Å². The number of H-pyrrole nitrogens is 1. The van der Waals surface area contributed by atoms with Crippen molar-refractivity contribution in [3.05, 3.63) is 20.6 Å². The van der Waals surface area contributed by atoms with Crippen LogP contribution in [0.5, 0.6) is 0 Å². The van der Waals surface area contributed by atoms with Gasteiger partial charge in [-0.1, -0.05) is 0 Å². The number of carbonyl (C=O) groups is 3. The number of nitro groups is 1. The summed E-state index contributed by atoms with van der Waals surface area (Å²) in [5.74, 6) is -3.07. The second kappa shape index (κ2) is 7.94. The lowest BCUT2D eigenvalue weighted by molar-refractivity contribution is -0.394. The summed E-state index contributed by atoms with van der Waals surface area (Å²) in [6, 6.07) is 0. The van der Waals surface area contributed by atoms with Crippen LogP contribution in [0, 0.1) is 10.1 Å². The van der Waals surface area contributed by atoms with Gasteiger partial charge in [0.1, 0.15) is 12.7 Å². The van der Waals surface area contributed by atoms with Gasteiger partial charge in [0.25, 0.3) is 0 Å². The summed E-state index contributed by atoms with van der Waals surface area (Å²) in [6.07, 6.45) is -5.20. The Hall–Kier alpha value is -3.29. The summed E-state index contributed by atoms with van der Waals surface area (Å²) >= 11 is 0. The molecule has 0 spiro atoms. The van der Waals surface area contributed by atoms with E-state index in [1.807, 2.05) is 4.98 Å². The second-order valence-corrected chi connectivity index (χ2v) is 5.47. The summed E-state index contributed by atoms with van der Waals surface area (Å²) < 4.78 is 21.1. The van der Waals surface area contributed by atoms with Gasteiger partial charge in [-0.25, -0.2) is 4.79 Å². The summed E-state index contributed by atoms with van der Waals surface area (Å²) in [5.41, 5.74) is -1.02. The molecule has 1 aromatic heterocycles. The molecule has 0 radical (unpaired) electrons. The number of esters is 3. The molecule has 0 bridgehead atoms. The molecule has 1 aliphatic heterocycles. The van der Waals surface area contributed by atoms with Crippen LogP contribution < -0.4 is 5.69 Å². The molecular formula is C13H16N4O10. The van der Waals surface area contributed by atoms with E-state index >= 15 is 0 Å². The van der Waals surface area contributed by atoms with E-state index in [4.69, 9.17) is 18.9 Å². The van der Waals surface area contributed by atoms with E-state index in [9.17, 15) is 29.3 Å². The average Bonchev–Trinajstić information content (AvgIpc) is 3.06. The van der Waals surface area contributed by atoms with Crippen LogP contribution in [0.25, 0.3) is 0 Å². The number of hydrogen-bond acceptors (Lipinski definition) is 11. The Balaban J connectivity index is 2.42. The van der Waals surface area contributed by atoms with Crippen LogP contribution >= 0.6 is 0 Å². The molecule has 0 amide bonds. The van der Waals surface area contributed by atoms with Crippen molar-refractivity contribution >= 4 is 23.9 Å². The molecule has 14 nitrogen and oxygen atoms in total. The normalized spacial score (nSPS) is 24.3. The first kappa shape index (κ1) is 20.0. The third-order valence-corrected chi connectivity index (χ3v) is 3.38. The van der Waals surface area contributed by atoms with Gasteiger partial charge in [0, 0.05) is 25.9 Å². The van der Waals surface area contributed by atoms with Gasteiger partial charge in [-0.2, -0.15) is 4.98 Å². The number of rotatable bonds is 6. The highest BCUT2D eigenvalue weighted by atomic mass is 16.7. The van der Waals surface area contributed by atoms with Gasteiger partial charge in [0.2, 0.25) is 6.23 Å². The van der Waals surface area contributed by atoms with Crippen molar-refractivity contribution in [3.8, 4) is 0 Å². The maximum atomic E-state index is 12.0. The summed E-state index contributed by atoms with van der Waals surface area (Å²) in [4.78, 5) is 57.7. The highest BCUT2D eigenvalue weighted by Crippen LogP contribution is 2.33. The second-order valence-electron chi connectivity index (χ2n) is 5.47. The lowest BCUT2D eigenvalue weighted by Crippen LogP contribution is -2.41. The molecular weight excluding hydrogens is 372 g/mol. The van der Waals surface area contributed by atoms with Crippen LogP contribution in [0.4, 0.5) is 5.95 Å². The Bertz CT molecular complexity index is 814. The quantitative estimate of drug-likeness (QED) is 0.267. The number of aromatic nitrogens is 3. The van der Waals surface area contributed by atoms with E-state index in [-0.39, 0.29) is 6.61 Å². The highest BCUT2D eigenvalue weighted by molar-refractivity contribution is 5.67. The highest BCUT2D eigenvalue weighted by Gasteiger charge is 2.52. The van der Waals surface area contributed by atoms with E-state index in [0.29, 0.717) is 4.68 Å². The summed E-state index contributed by atoms with van der Waals surface area (Å²) in [5, 5.41) is 14.3. The largest absolute Gasteiger partial charge is 0.463 e. The van der Waals surface area contributed by atoms with E-state index < -0.39 is 59.0 Å². The number of ether oxygens (including phenoxy) is 4. The molecule has 1 N–H and O–H groups in total. The first-order valence-electron chi connectivity index (χ1n) is 7.56. The van der Waals surface area contributed by atoms with E-state index in [1.165, 1.54) is 0 Å². The lowest BCUT2D eigenvalue weighted by Gasteiger charge is -2.22. The molecule has 0 unspecified atom stereocenters. The predicted molar refractivity (Wildman–Crippen MR) is 81.2 cm³/mol. The van der Waals surface area contributed by atoms with Crippen molar-refractivity contribution in [2.45, 2.75) is 45.3 Å². The minimum Gasteiger partial charge on any atom is -0.463 e. The summed E-state index contributed by atoms with van der Waals surface area (Å²) in [7, 11) is 0. The molecule has 0 aromatic carbocycles. The molecule has 2 heterocycles. The molecule has 14 heteroatoms. The van der Waals surface area contributed by atoms with Gasteiger partial charge in [-0.05, 0) is 4.92 Å². The number of aromatic amines is 1. The monoisotopic (exact) mass is 388 g/mol. The van der Waals surface area contributed by atoms with E-state index in [0.717, 1.165) is 20.8 Å². The molecule has 27 heavy (non-hydrogen) atoms. The first-order valence-corrected chi connectivity index (χ1v) is 7.56. The van der Waals surface area contributed by atoms with Gasteiger partial charge in [-0.3, -0.25) is 14.4 Å². The van der Waals surface area contributed by atoms with Crippen LogP contribution in [-0.4, -0.2) is 62.5 Å². The van der Waals surface area contributed by atoms with Crippen LogP contribution in [0.1, 0.15) is 27.0 Å².